The highest BCUT2D eigenvalue weighted by atomic mass is 127. The molecule has 174 valence electrons. The summed E-state index contributed by atoms with van der Waals surface area (Å²) >= 11 is 0. The van der Waals surface area contributed by atoms with Gasteiger partial charge in [0.05, 0.1) is 32.0 Å². The van der Waals surface area contributed by atoms with Crippen molar-refractivity contribution < 1.29 is 14.2 Å². The van der Waals surface area contributed by atoms with Crippen molar-refractivity contribution in [1.29, 1.82) is 0 Å². The molecule has 0 aromatic heterocycles. The number of aliphatic imine (C=N–C) groups is 1. The number of morpholine rings is 2. The van der Waals surface area contributed by atoms with Crippen molar-refractivity contribution in [1.82, 2.24) is 15.1 Å². The van der Waals surface area contributed by atoms with E-state index in [1.54, 1.807) is 0 Å². The summed E-state index contributed by atoms with van der Waals surface area (Å²) in [4.78, 5) is 9.43. The van der Waals surface area contributed by atoms with Crippen LogP contribution >= 0.6 is 24.0 Å². The Kier molecular flexibility index (Phi) is 9.83. The van der Waals surface area contributed by atoms with E-state index >= 15 is 0 Å². The molecule has 3 aliphatic rings. The van der Waals surface area contributed by atoms with E-state index in [4.69, 9.17) is 14.2 Å². The zero-order valence-corrected chi connectivity index (χ0v) is 21.1. The molecule has 7 nitrogen and oxygen atoms in total. The quantitative estimate of drug-likeness (QED) is 0.349. The van der Waals surface area contributed by atoms with E-state index in [-0.39, 0.29) is 36.2 Å². The maximum absolute atomic E-state index is 6.02. The van der Waals surface area contributed by atoms with E-state index < -0.39 is 0 Å². The van der Waals surface area contributed by atoms with E-state index in [1.165, 1.54) is 11.1 Å². The lowest BCUT2D eigenvalue weighted by atomic mass is 10.0. The molecule has 0 bridgehead atoms. The van der Waals surface area contributed by atoms with Crippen molar-refractivity contribution in [2.24, 2.45) is 4.99 Å². The molecule has 3 fully saturated rings. The van der Waals surface area contributed by atoms with Crippen LogP contribution in [0.5, 0.6) is 0 Å². The zero-order chi connectivity index (χ0) is 20.8. The molecule has 3 aliphatic heterocycles. The number of ether oxygens (including phenoxy) is 3. The molecule has 3 saturated heterocycles. The van der Waals surface area contributed by atoms with Gasteiger partial charge in [0, 0.05) is 46.4 Å². The molecule has 3 heterocycles. The van der Waals surface area contributed by atoms with Crippen LogP contribution in [0.25, 0.3) is 0 Å². The first-order valence-electron chi connectivity index (χ1n) is 11.3. The fourth-order valence-electron chi connectivity index (χ4n) is 4.64. The Morgan fingerprint density at radius 1 is 1.06 bits per heavy atom. The van der Waals surface area contributed by atoms with Gasteiger partial charge in [-0.2, -0.15) is 0 Å². The molecule has 0 radical (unpaired) electrons. The van der Waals surface area contributed by atoms with Gasteiger partial charge in [-0.1, -0.05) is 29.8 Å². The van der Waals surface area contributed by atoms with Crippen LogP contribution in [0.3, 0.4) is 0 Å². The summed E-state index contributed by atoms with van der Waals surface area (Å²) in [6.07, 6.45) is 2.58. The van der Waals surface area contributed by atoms with Crippen LogP contribution in [-0.4, -0.2) is 94.2 Å². The third kappa shape index (κ3) is 6.54. The van der Waals surface area contributed by atoms with E-state index in [2.05, 4.69) is 51.3 Å². The number of aryl methyl sites for hydroxylation is 1. The van der Waals surface area contributed by atoms with E-state index in [0.29, 0.717) is 6.04 Å². The summed E-state index contributed by atoms with van der Waals surface area (Å²) < 4.78 is 17.5. The second-order valence-electron chi connectivity index (χ2n) is 8.41. The normalized spacial score (nSPS) is 26.4. The van der Waals surface area contributed by atoms with Gasteiger partial charge in [-0.3, -0.25) is 9.89 Å². The maximum atomic E-state index is 6.02. The van der Waals surface area contributed by atoms with Gasteiger partial charge in [0.15, 0.2) is 5.96 Å². The Balaban J connectivity index is 0.00000272. The molecule has 1 aromatic rings. The molecule has 3 unspecified atom stereocenters. The average molecular weight is 544 g/mol. The highest BCUT2D eigenvalue weighted by Gasteiger charge is 2.32. The van der Waals surface area contributed by atoms with E-state index in [9.17, 15) is 0 Å². The first-order chi connectivity index (χ1) is 14.7. The lowest BCUT2D eigenvalue weighted by Gasteiger charge is -2.39. The topological polar surface area (TPSA) is 58.6 Å². The van der Waals surface area contributed by atoms with Crippen LogP contribution in [0.4, 0.5) is 0 Å². The molecular weight excluding hydrogens is 507 g/mol. The van der Waals surface area contributed by atoms with Gasteiger partial charge >= 0.3 is 0 Å². The first-order valence-corrected chi connectivity index (χ1v) is 11.3. The Labute approximate surface area is 203 Å². The van der Waals surface area contributed by atoms with E-state index in [0.717, 1.165) is 78.0 Å². The van der Waals surface area contributed by atoms with Gasteiger partial charge < -0.3 is 24.4 Å². The Morgan fingerprint density at radius 2 is 1.81 bits per heavy atom. The number of guanidine groups is 1. The van der Waals surface area contributed by atoms with Gasteiger partial charge in [0.1, 0.15) is 6.10 Å². The van der Waals surface area contributed by atoms with Crippen LogP contribution in [0, 0.1) is 6.92 Å². The fourth-order valence-corrected chi connectivity index (χ4v) is 4.64. The first kappa shape index (κ1) is 24.7. The van der Waals surface area contributed by atoms with Crippen LogP contribution in [0.2, 0.25) is 0 Å². The van der Waals surface area contributed by atoms with Crippen molar-refractivity contribution >= 4 is 29.9 Å². The number of benzene rings is 1. The Morgan fingerprint density at radius 3 is 2.48 bits per heavy atom. The van der Waals surface area contributed by atoms with Crippen molar-refractivity contribution in [2.75, 3.05) is 66.2 Å². The predicted octanol–water partition coefficient (Wildman–Crippen LogP) is 2.44. The number of halogens is 1. The predicted molar refractivity (Wildman–Crippen MR) is 133 cm³/mol. The fraction of sp³-hybridized carbons (Fsp3) is 0.696. The molecule has 0 amide bonds. The van der Waals surface area contributed by atoms with Crippen molar-refractivity contribution in [3.63, 3.8) is 0 Å². The SMILES string of the molecule is CN=C(NCC(c1ccc(C)cc1)N1CCOCC1)N1CCOC(C2CCCO2)C1.I. The van der Waals surface area contributed by atoms with Gasteiger partial charge in [-0.25, -0.2) is 0 Å². The number of rotatable bonds is 5. The smallest absolute Gasteiger partial charge is 0.193 e. The molecule has 1 aromatic carbocycles. The van der Waals surface area contributed by atoms with Crippen molar-refractivity contribution in [2.45, 2.75) is 38.0 Å². The Bertz CT molecular complexity index is 691. The molecule has 4 rings (SSSR count). The summed E-state index contributed by atoms with van der Waals surface area (Å²) in [5.74, 6) is 0.951. The summed E-state index contributed by atoms with van der Waals surface area (Å²) in [6.45, 7) is 9.72. The minimum absolute atomic E-state index is 0. The molecular formula is C23H37IN4O3. The summed E-state index contributed by atoms with van der Waals surface area (Å²) in [7, 11) is 1.87. The minimum atomic E-state index is 0. The lowest BCUT2D eigenvalue weighted by Crippen LogP contribution is -2.54. The molecule has 3 atom stereocenters. The van der Waals surface area contributed by atoms with Crippen LogP contribution in [-0.2, 0) is 14.2 Å². The van der Waals surface area contributed by atoms with Gasteiger partial charge in [-0.05, 0) is 25.3 Å². The maximum Gasteiger partial charge on any atom is 0.193 e. The van der Waals surface area contributed by atoms with Crippen LogP contribution < -0.4 is 5.32 Å². The van der Waals surface area contributed by atoms with Crippen molar-refractivity contribution in [3.8, 4) is 0 Å². The van der Waals surface area contributed by atoms with Gasteiger partial charge in [-0.15, -0.1) is 24.0 Å². The van der Waals surface area contributed by atoms with Crippen molar-refractivity contribution in [3.05, 3.63) is 35.4 Å². The number of hydrogen-bond acceptors (Lipinski definition) is 5. The van der Waals surface area contributed by atoms with Crippen LogP contribution in [0.15, 0.2) is 29.3 Å². The molecule has 31 heavy (non-hydrogen) atoms. The monoisotopic (exact) mass is 544 g/mol. The molecule has 0 aliphatic carbocycles. The highest BCUT2D eigenvalue weighted by Crippen LogP contribution is 2.23. The second kappa shape index (κ2) is 12.3. The number of nitrogens with one attached hydrogen (secondary N) is 1. The number of hydrogen-bond donors (Lipinski definition) is 1. The van der Waals surface area contributed by atoms with E-state index in [1.807, 2.05) is 7.05 Å². The largest absolute Gasteiger partial charge is 0.379 e. The third-order valence-electron chi connectivity index (χ3n) is 6.39. The van der Waals surface area contributed by atoms with Crippen LogP contribution in [0.1, 0.15) is 30.0 Å². The minimum Gasteiger partial charge on any atom is -0.379 e. The molecule has 0 spiro atoms. The summed E-state index contributed by atoms with van der Waals surface area (Å²) in [6, 6.07) is 9.20. The lowest BCUT2D eigenvalue weighted by molar-refractivity contribution is -0.0817. The Hall–Kier alpha value is -0.940. The molecule has 0 saturated carbocycles. The summed E-state index contributed by atoms with van der Waals surface area (Å²) in [5, 5.41) is 3.66. The van der Waals surface area contributed by atoms with Gasteiger partial charge in [0.25, 0.3) is 0 Å². The zero-order valence-electron chi connectivity index (χ0n) is 18.8. The summed E-state index contributed by atoms with van der Waals surface area (Å²) in [5.41, 5.74) is 2.63. The van der Waals surface area contributed by atoms with Gasteiger partial charge in [0.2, 0.25) is 0 Å². The molecule has 8 heteroatoms. The molecule has 1 N–H and O–H groups in total. The number of nitrogens with zero attached hydrogens (tertiary/aromatic N) is 3. The standard InChI is InChI=1S/C23H36N4O3.HI/c1-18-5-7-19(8-6-18)20(26-9-13-28-14-10-26)16-25-23(24-2)27-11-15-30-22(17-27)21-4-3-12-29-21;/h5-8,20-22H,3-4,9-17H2,1-2H3,(H,24,25);1H. The second-order valence-corrected chi connectivity index (χ2v) is 8.41. The third-order valence-corrected chi connectivity index (χ3v) is 6.39. The average Bonchev–Trinajstić information content (AvgIpc) is 3.34. The highest BCUT2D eigenvalue weighted by molar-refractivity contribution is 14.0.